The minimum absolute atomic E-state index is 0.102. The van der Waals surface area contributed by atoms with Gasteiger partial charge in [-0.25, -0.2) is 9.78 Å². The Morgan fingerprint density at radius 2 is 2.32 bits per heavy atom. The van der Waals surface area contributed by atoms with Crippen LogP contribution in [0.25, 0.3) is 0 Å². The molecule has 2 saturated carbocycles. The Bertz CT molecular complexity index is 489. The second-order valence-corrected chi connectivity index (χ2v) is 6.01. The molecule has 2 aliphatic carbocycles. The summed E-state index contributed by atoms with van der Waals surface area (Å²) >= 11 is 0. The van der Waals surface area contributed by atoms with Crippen molar-refractivity contribution in [2.45, 2.75) is 38.6 Å². The van der Waals surface area contributed by atoms with Crippen molar-refractivity contribution in [1.29, 1.82) is 0 Å². The predicted octanol–water partition coefficient (Wildman–Crippen LogP) is 3.02. The molecule has 0 amide bonds. The van der Waals surface area contributed by atoms with E-state index >= 15 is 0 Å². The molecule has 0 spiro atoms. The average Bonchev–Trinajstić information content (AvgIpc) is 3.01. The number of nitrogens with zero attached hydrogens (tertiary/aromatic N) is 1. The van der Waals surface area contributed by atoms with Crippen molar-refractivity contribution in [3.05, 3.63) is 24.0 Å². The van der Waals surface area contributed by atoms with Crippen LogP contribution in [0.5, 0.6) is 0 Å². The van der Waals surface area contributed by atoms with Crippen LogP contribution in [-0.2, 0) is 0 Å². The van der Waals surface area contributed by atoms with Crippen molar-refractivity contribution >= 4 is 11.7 Å². The van der Waals surface area contributed by atoms with Gasteiger partial charge in [0, 0.05) is 17.9 Å². The number of carboxylic acid groups (broad SMARTS) is 1. The third-order valence-corrected chi connectivity index (χ3v) is 4.81. The van der Waals surface area contributed by atoms with Crippen LogP contribution in [-0.4, -0.2) is 22.1 Å². The van der Waals surface area contributed by atoms with Crippen molar-refractivity contribution in [2.75, 3.05) is 5.32 Å². The largest absolute Gasteiger partial charge is 0.477 e. The maximum absolute atomic E-state index is 10.9. The Hall–Kier alpha value is -1.58. The zero-order chi connectivity index (χ0) is 13.4. The van der Waals surface area contributed by atoms with Gasteiger partial charge in [0.05, 0.1) is 0 Å². The van der Waals surface area contributed by atoms with Crippen LogP contribution >= 0.6 is 0 Å². The fourth-order valence-electron chi connectivity index (χ4n) is 3.91. The highest BCUT2D eigenvalue weighted by Gasteiger charge is 2.41. The molecule has 0 aromatic carbocycles. The van der Waals surface area contributed by atoms with Gasteiger partial charge in [0.1, 0.15) is 5.69 Å². The number of nitrogens with one attached hydrogen (secondary N) is 1. The third kappa shape index (κ3) is 2.44. The van der Waals surface area contributed by atoms with Crippen molar-refractivity contribution in [3.63, 3.8) is 0 Å². The molecule has 0 radical (unpaired) electrons. The van der Waals surface area contributed by atoms with Gasteiger partial charge in [-0.1, -0.05) is 6.42 Å². The normalized spacial score (nSPS) is 30.3. The Labute approximate surface area is 113 Å². The highest BCUT2D eigenvalue weighted by Crippen LogP contribution is 2.49. The third-order valence-electron chi connectivity index (χ3n) is 4.81. The molecule has 4 heteroatoms. The first-order valence-corrected chi connectivity index (χ1v) is 7.09. The molecule has 19 heavy (non-hydrogen) atoms. The summed E-state index contributed by atoms with van der Waals surface area (Å²) in [5.74, 6) is 1.57. The number of carboxylic acids is 1. The van der Waals surface area contributed by atoms with Gasteiger partial charge in [-0.05, 0) is 56.1 Å². The van der Waals surface area contributed by atoms with E-state index in [1.807, 2.05) is 6.07 Å². The van der Waals surface area contributed by atoms with Crippen LogP contribution in [0.3, 0.4) is 0 Å². The summed E-state index contributed by atoms with van der Waals surface area (Å²) in [5, 5.41) is 12.4. The SMILES string of the molecule is CC(Nc1ccnc(C(=O)O)c1)C1CC2CCC1C2. The highest BCUT2D eigenvalue weighted by atomic mass is 16.4. The predicted molar refractivity (Wildman–Crippen MR) is 73.2 cm³/mol. The Balaban J connectivity index is 1.67. The van der Waals surface area contributed by atoms with Gasteiger partial charge in [0.15, 0.2) is 0 Å². The number of carbonyl (C=O) groups is 1. The summed E-state index contributed by atoms with van der Waals surface area (Å²) in [6.45, 7) is 2.21. The van der Waals surface area contributed by atoms with E-state index in [4.69, 9.17) is 5.11 Å². The number of fused-ring (bicyclic) bond motifs is 2. The summed E-state index contributed by atoms with van der Waals surface area (Å²) in [7, 11) is 0. The summed E-state index contributed by atoms with van der Waals surface area (Å²) in [5.41, 5.74) is 0.966. The monoisotopic (exact) mass is 260 g/mol. The van der Waals surface area contributed by atoms with Crippen molar-refractivity contribution < 1.29 is 9.90 Å². The van der Waals surface area contributed by atoms with Gasteiger partial charge < -0.3 is 10.4 Å². The lowest BCUT2D eigenvalue weighted by molar-refractivity contribution is 0.0690. The molecule has 102 valence electrons. The molecule has 4 nitrogen and oxygen atoms in total. The van der Waals surface area contributed by atoms with Gasteiger partial charge in [-0.3, -0.25) is 0 Å². The second-order valence-electron chi connectivity index (χ2n) is 6.01. The molecule has 0 saturated heterocycles. The second kappa shape index (κ2) is 4.83. The fraction of sp³-hybridized carbons (Fsp3) is 0.600. The molecule has 1 aromatic heterocycles. The quantitative estimate of drug-likeness (QED) is 0.873. The number of pyridine rings is 1. The van der Waals surface area contributed by atoms with Crippen LogP contribution in [0, 0.1) is 17.8 Å². The van der Waals surface area contributed by atoms with E-state index in [1.54, 1.807) is 12.3 Å². The van der Waals surface area contributed by atoms with E-state index in [2.05, 4.69) is 17.2 Å². The fourth-order valence-corrected chi connectivity index (χ4v) is 3.91. The van der Waals surface area contributed by atoms with Gasteiger partial charge in [-0.15, -0.1) is 0 Å². The smallest absolute Gasteiger partial charge is 0.354 e. The summed E-state index contributed by atoms with van der Waals surface area (Å²) < 4.78 is 0. The highest BCUT2D eigenvalue weighted by molar-refractivity contribution is 5.86. The zero-order valence-corrected chi connectivity index (χ0v) is 11.2. The Kier molecular flexibility index (Phi) is 3.17. The Morgan fingerprint density at radius 1 is 1.47 bits per heavy atom. The lowest BCUT2D eigenvalue weighted by Crippen LogP contribution is -2.30. The van der Waals surface area contributed by atoms with Crippen LogP contribution in [0.15, 0.2) is 18.3 Å². The maximum Gasteiger partial charge on any atom is 0.354 e. The number of hydrogen-bond acceptors (Lipinski definition) is 3. The minimum atomic E-state index is -0.976. The van der Waals surface area contributed by atoms with E-state index in [-0.39, 0.29) is 5.69 Å². The number of anilines is 1. The molecule has 4 unspecified atom stereocenters. The molecule has 2 N–H and O–H groups in total. The number of aromatic carboxylic acids is 1. The molecular weight excluding hydrogens is 240 g/mol. The lowest BCUT2D eigenvalue weighted by Gasteiger charge is -2.29. The van der Waals surface area contributed by atoms with Crippen molar-refractivity contribution in [3.8, 4) is 0 Å². The summed E-state index contributed by atoms with van der Waals surface area (Å²) in [4.78, 5) is 14.8. The molecular formula is C15H20N2O2. The van der Waals surface area contributed by atoms with Crippen LogP contribution < -0.4 is 5.32 Å². The molecule has 2 fully saturated rings. The van der Waals surface area contributed by atoms with Crippen molar-refractivity contribution in [1.82, 2.24) is 4.98 Å². The maximum atomic E-state index is 10.9. The summed E-state index contributed by atoms with van der Waals surface area (Å²) in [6.07, 6.45) is 7.06. The van der Waals surface area contributed by atoms with Gasteiger partial charge in [0.25, 0.3) is 0 Å². The van der Waals surface area contributed by atoms with E-state index in [9.17, 15) is 4.79 Å². The molecule has 1 heterocycles. The van der Waals surface area contributed by atoms with E-state index in [0.29, 0.717) is 6.04 Å². The van der Waals surface area contributed by atoms with Gasteiger partial charge in [0.2, 0.25) is 0 Å². The van der Waals surface area contributed by atoms with Crippen LogP contribution in [0.1, 0.15) is 43.1 Å². The number of rotatable bonds is 4. The van der Waals surface area contributed by atoms with E-state index in [0.717, 1.165) is 23.4 Å². The van der Waals surface area contributed by atoms with E-state index < -0.39 is 5.97 Å². The zero-order valence-electron chi connectivity index (χ0n) is 11.2. The number of hydrogen-bond donors (Lipinski definition) is 2. The number of aromatic nitrogens is 1. The molecule has 0 aliphatic heterocycles. The molecule has 2 aliphatic rings. The van der Waals surface area contributed by atoms with Crippen LogP contribution in [0.4, 0.5) is 5.69 Å². The standard InChI is InChI=1S/C15H20N2O2/c1-9(13-7-10-2-3-11(13)6-10)17-12-4-5-16-14(8-12)15(18)19/h4-5,8-11,13H,2-3,6-7H2,1H3,(H,16,17)(H,18,19). The average molecular weight is 260 g/mol. The first-order valence-electron chi connectivity index (χ1n) is 7.09. The Morgan fingerprint density at radius 3 is 2.95 bits per heavy atom. The van der Waals surface area contributed by atoms with Gasteiger partial charge >= 0.3 is 5.97 Å². The first kappa shape index (κ1) is 12.5. The topological polar surface area (TPSA) is 62.2 Å². The van der Waals surface area contributed by atoms with E-state index in [1.165, 1.54) is 25.7 Å². The first-order chi connectivity index (χ1) is 9.13. The van der Waals surface area contributed by atoms with Gasteiger partial charge in [-0.2, -0.15) is 0 Å². The van der Waals surface area contributed by atoms with Crippen LogP contribution in [0.2, 0.25) is 0 Å². The molecule has 4 atom stereocenters. The minimum Gasteiger partial charge on any atom is -0.477 e. The molecule has 2 bridgehead atoms. The molecule has 3 rings (SSSR count). The van der Waals surface area contributed by atoms with Crippen molar-refractivity contribution in [2.24, 2.45) is 17.8 Å². The summed E-state index contributed by atoms with van der Waals surface area (Å²) in [6, 6.07) is 3.86. The molecule has 1 aromatic rings. The lowest BCUT2D eigenvalue weighted by atomic mass is 9.84.